The van der Waals surface area contributed by atoms with Gasteiger partial charge in [0, 0.05) is 23.5 Å². The van der Waals surface area contributed by atoms with Crippen molar-refractivity contribution in [2.45, 2.75) is 13.3 Å². The van der Waals surface area contributed by atoms with Gasteiger partial charge in [0.1, 0.15) is 0 Å². The fourth-order valence-corrected chi connectivity index (χ4v) is 3.23. The Hall–Kier alpha value is -2.08. The number of Topliss-reactive ketones (excluding diaryl/α,β-unsaturated/α-hetero) is 1. The highest BCUT2D eigenvalue weighted by molar-refractivity contribution is 8.16. The van der Waals surface area contributed by atoms with Crippen molar-refractivity contribution in [1.29, 1.82) is 0 Å². The highest BCUT2D eigenvalue weighted by Crippen LogP contribution is 2.30. The molecule has 21 heavy (non-hydrogen) atoms. The fraction of sp³-hybridized carbons (Fsp3) is 0.267. The molecule has 0 unspecified atom stereocenters. The van der Waals surface area contributed by atoms with Gasteiger partial charge in [0.2, 0.25) is 5.91 Å². The van der Waals surface area contributed by atoms with Gasteiger partial charge in [-0.25, -0.2) is 0 Å². The Kier molecular flexibility index (Phi) is 3.79. The first-order chi connectivity index (χ1) is 10.1. The number of benzene rings is 1. The van der Waals surface area contributed by atoms with Crippen molar-refractivity contribution in [2.75, 3.05) is 18.4 Å². The Labute approximate surface area is 127 Å². The Balaban J connectivity index is 1.59. The molecule has 0 fully saturated rings. The minimum atomic E-state index is -0.0643. The smallest absolute Gasteiger partial charge is 0.230 e. The molecule has 2 aliphatic rings. The quantitative estimate of drug-likeness (QED) is 0.868. The van der Waals surface area contributed by atoms with E-state index in [-0.39, 0.29) is 11.7 Å². The van der Waals surface area contributed by atoms with E-state index in [2.05, 4.69) is 15.2 Å². The molecule has 0 atom stereocenters. The van der Waals surface area contributed by atoms with Crippen LogP contribution in [0.5, 0.6) is 0 Å². The van der Waals surface area contributed by atoms with E-state index >= 15 is 0 Å². The number of carbonyl (C=O) groups is 2. The minimum absolute atomic E-state index is 0.0156. The second-order valence-electron chi connectivity index (χ2n) is 4.90. The molecule has 0 aromatic heterocycles. The van der Waals surface area contributed by atoms with Crippen molar-refractivity contribution < 1.29 is 9.59 Å². The lowest BCUT2D eigenvalue weighted by molar-refractivity contribution is -0.115. The molecule has 0 bridgehead atoms. The summed E-state index contributed by atoms with van der Waals surface area (Å²) in [6.45, 7) is 3.18. The zero-order valence-corrected chi connectivity index (χ0v) is 12.4. The molecular formula is C15H15N3O2S. The number of nitrogens with one attached hydrogen (secondary N) is 1. The van der Waals surface area contributed by atoms with Crippen LogP contribution in [-0.2, 0) is 4.79 Å². The Morgan fingerprint density at radius 3 is 2.81 bits per heavy atom. The molecule has 5 nitrogen and oxygen atoms in total. The van der Waals surface area contributed by atoms with Gasteiger partial charge < -0.3 is 10.2 Å². The summed E-state index contributed by atoms with van der Waals surface area (Å²) in [4.78, 5) is 29.7. The van der Waals surface area contributed by atoms with Gasteiger partial charge in [-0.05, 0) is 36.6 Å². The van der Waals surface area contributed by atoms with E-state index < -0.39 is 0 Å². The van der Waals surface area contributed by atoms with E-state index in [1.165, 1.54) is 6.92 Å². The summed E-state index contributed by atoms with van der Waals surface area (Å²) < 4.78 is 0. The number of fused-ring (bicyclic) bond motifs is 1. The van der Waals surface area contributed by atoms with Crippen LogP contribution >= 0.6 is 11.8 Å². The maximum absolute atomic E-state index is 12.1. The third kappa shape index (κ3) is 3.00. The number of amidine groups is 1. The summed E-state index contributed by atoms with van der Waals surface area (Å²) in [7, 11) is 0. The summed E-state index contributed by atoms with van der Waals surface area (Å²) in [5.74, 6) is -0.0487. The molecule has 1 N–H and O–H groups in total. The van der Waals surface area contributed by atoms with Crippen LogP contribution in [0.2, 0.25) is 0 Å². The average Bonchev–Trinajstić information content (AvgIpc) is 3.04. The van der Waals surface area contributed by atoms with E-state index in [1.807, 2.05) is 5.41 Å². The molecule has 1 aromatic carbocycles. The highest BCUT2D eigenvalue weighted by atomic mass is 32.2. The van der Waals surface area contributed by atoms with Gasteiger partial charge in [0.15, 0.2) is 11.0 Å². The number of rotatable bonds is 4. The largest absolute Gasteiger partial charge is 0.326 e. The third-order valence-electron chi connectivity index (χ3n) is 3.37. The lowest BCUT2D eigenvalue weighted by atomic mass is 10.1. The number of thioether (sulfide) groups is 1. The molecule has 0 radical (unpaired) electrons. The number of carbonyl (C=O) groups excluding carboxylic acids is 2. The molecule has 2 heterocycles. The minimum Gasteiger partial charge on any atom is -0.326 e. The molecule has 6 heteroatoms. The fourth-order valence-electron chi connectivity index (χ4n) is 2.27. The lowest BCUT2D eigenvalue weighted by Crippen LogP contribution is -2.24. The van der Waals surface area contributed by atoms with Crippen molar-refractivity contribution in [3.8, 4) is 0 Å². The first-order valence-electron chi connectivity index (χ1n) is 6.72. The van der Waals surface area contributed by atoms with Crippen LogP contribution in [0.15, 0.2) is 40.4 Å². The van der Waals surface area contributed by atoms with Crippen LogP contribution in [-0.4, -0.2) is 34.8 Å². The number of amides is 1. The van der Waals surface area contributed by atoms with Gasteiger partial charge in [-0.2, -0.15) is 0 Å². The number of ketones is 1. The molecule has 108 valence electrons. The summed E-state index contributed by atoms with van der Waals surface area (Å²) in [6, 6.07) is 6.92. The van der Waals surface area contributed by atoms with E-state index in [4.69, 9.17) is 0 Å². The Bertz CT molecular complexity index is 649. The van der Waals surface area contributed by atoms with E-state index in [9.17, 15) is 9.59 Å². The number of nitrogens with zero attached hydrogens (tertiary/aromatic N) is 2. The number of hydrogen-bond acceptors (Lipinski definition) is 5. The predicted molar refractivity (Wildman–Crippen MR) is 84.4 cm³/mol. The standard InChI is InChI=1S/C15H15N3O2S/c1-10(19)11-2-4-12(5-3-11)17-14(20)8-13-9-21-15-16-6-7-18(13)15/h2-5,9H,6-8H2,1H3,(H,17,20). The molecule has 0 spiro atoms. The van der Waals surface area contributed by atoms with Crippen LogP contribution in [0.1, 0.15) is 23.7 Å². The van der Waals surface area contributed by atoms with Crippen LogP contribution in [0.3, 0.4) is 0 Å². The number of anilines is 1. The molecule has 3 rings (SSSR count). The molecule has 0 aliphatic carbocycles. The van der Waals surface area contributed by atoms with Crippen LogP contribution in [0.25, 0.3) is 0 Å². The second-order valence-corrected chi connectivity index (χ2v) is 5.74. The predicted octanol–water partition coefficient (Wildman–Crippen LogP) is 2.48. The second kappa shape index (κ2) is 5.73. The van der Waals surface area contributed by atoms with Crippen molar-refractivity contribution >= 4 is 34.3 Å². The van der Waals surface area contributed by atoms with E-state index in [1.54, 1.807) is 36.0 Å². The van der Waals surface area contributed by atoms with E-state index in [0.29, 0.717) is 17.7 Å². The van der Waals surface area contributed by atoms with Crippen molar-refractivity contribution in [2.24, 2.45) is 4.99 Å². The monoisotopic (exact) mass is 301 g/mol. The molecule has 1 amide bonds. The van der Waals surface area contributed by atoms with Gasteiger partial charge in [-0.1, -0.05) is 11.8 Å². The molecular weight excluding hydrogens is 286 g/mol. The summed E-state index contributed by atoms with van der Waals surface area (Å²) in [5, 5.41) is 5.82. The third-order valence-corrected chi connectivity index (χ3v) is 4.32. The van der Waals surface area contributed by atoms with Gasteiger partial charge in [-0.15, -0.1) is 0 Å². The van der Waals surface area contributed by atoms with Gasteiger partial charge in [0.25, 0.3) is 0 Å². The molecule has 0 saturated heterocycles. The van der Waals surface area contributed by atoms with E-state index in [0.717, 1.165) is 24.0 Å². The molecule has 2 aliphatic heterocycles. The maximum Gasteiger partial charge on any atom is 0.230 e. The zero-order chi connectivity index (χ0) is 14.8. The maximum atomic E-state index is 12.1. The molecule has 0 saturated carbocycles. The average molecular weight is 301 g/mol. The Morgan fingerprint density at radius 2 is 2.10 bits per heavy atom. The lowest BCUT2D eigenvalue weighted by Gasteiger charge is -2.16. The van der Waals surface area contributed by atoms with Crippen molar-refractivity contribution in [1.82, 2.24) is 4.90 Å². The Morgan fingerprint density at radius 1 is 1.33 bits per heavy atom. The summed E-state index contributed by atoms with van der Waals surface area (Å²) in [5.41, 5.74) is 2.33. The topological polar surface area (TPSA) is 61.8 Å². The summed E-state index contributed by atoms with van der Waals surface area (Å²) >= 11 is 1.57. The van der Waals surface area contributed by atoms with Crippen LogP contribution in [0.4, 0.5) is 5.69 Å². The van der Waals surface area contributed by atoms with Gasteiger partial charge in [-0.3, -0.25) is 14.6 Å². The van der Waals surface area contributed by atoms with Gasteiger partial charge >= 0.3 is 0 Å². The van der Waals surface area contributed by atoms with Crippen LogP contribution in [0, 0.1) is 0 Å². The van der Waals surface area contributed by atoms with Crippen molar-refractivity contribution in [3.63, 3.8) is 0 Å². The molecule has 1 aromatic rings. The highest BCUT2D eigenvalue weighted by Gasteiger charge is 2.27. The van der Waals surface area contributed by atoms with Crippen LogP contribution < -0.4 is 5.32 Å². The normalized spacial score (nSPS) is 16.3. The SMILES string of the molecule is CC(=O)c1ccc(NC(=O)CC2=CSC3=NCCN23)cc1. The first kappa shape index (κ1) is 13.9. The zero-order valence-electron chi connectivity index (χ0n) is 11.6. The first-order valence-corrected chi connectivity index (χ1v) is 7.60. The van der Waals surface area contributed by atoms with Crippen molar-refractivity contribution in [3.05, 3.63) is 40.9 Å². The number of aliphatic imine (C=N–C) groups is 1. The van der Waals surface area contributed by atoms with Gasteiger partial charge in [0.05, 0.1) is 13.0 Å². The number of hydrogen-bond donors (Lipinski definition) is 1. The summed E-state index contributed by atoms with van der Waals surface area (Å²) in [6.07, 6.45) is 0.334.